The lowest BCUT2D eigenvalue weighted by Crippen LogP contribution is -2.41. The summed E-state index contributed by atoms with van der Waals surface area (Å²) in [5, 5.41) is 3.59. The van der Waals surface area contributed by atoms with Crippen LogP contribution in [0.15, 0.2) is 40.2 Å². The van der Waals surface area contributed by atoms with Gasteiger partial charge in [-0.15, -0.1) is 11.8 Å². The molecule has 2 N–H and O–H groups in total. The number of anilines is 1. The number of nitrogens with one attached hydrogen (secondary N) is 2. The molecule has 2 rings (SSSR count). The number of amides is 1. The van der Waals surface area contributed by atoms with Crippen molar-refractivity contribution in [1.82, 2.24) is 4.72 Å². The molecule has 0 spiro atoms. The molecule has 0 saturated carbocycles. The number of thioether (sulfide) groups is 1. The number of hydrogen-bond donors (Lipinski definition) is 2. The van der Waals surface area contributed by atoms with Crippen LogP contribution in [-0.2, 0) is 14.8 Å². The van der Waals surface area contributed by atoms with Gasteiger partial charge in [0.05, 0.1) is 22.1 Å². The Bertz CT molecular complexity index is 978. The van der Waals surface area contributed by atoms with Crippen molar-refractivity contribution in [2.75, 3.05) is 11.1 Å². The maximum absolute atomic E-state index is 13.0. The van der Waals surface area contributed by atoms with E-state index in [0.717, 1.165) is 16.4 Å². The SMILES string of the molecule is CC/C=C(\C[C@H]1N=C(c2ccc(NC(=O)OC(C)C)cc2)SCC1C)S(=O)(=O)NC(C)(C)C. The van der Waals surface area contributed by atoms with Crippen molar-refractivity contribution in [3.8, 4) is 0 Å². The summed E-state index contributed by atoms with van der Waals surface area (Å²) < 4.78 is 33.8. The van der Waals surface area contributed by atoms with Crippen LogP contribution >= 0.6 is 11.8 Å². The molecule has 7 nitrogen and oxygen atoms in total. The van der Waals surface area contributed by atoms with Crippen LogP contribution in [0.4, 0.5) is 10.5 Å². The Morgan fingerprint density at radius 1 is 1.27 bits per heavy atom. The van der Waals surface area contributed by atoms with Crippen molar-refractivity contribution >= 4 is 38.6 Å². The third kappa shape index (κ3) is 8.79. The lowest BCUT2D eigenvalue weighted by molar-refractivity contribution is 0.130. The first-order valence-electron chi connectivity index (χ1n) is 11.3. The van der Waals surface area contributed by atoms with E-state index in [9.17, 15) is 13.2 Å². The Morgan fingerprint density at radius 2 is 1.91 bits per heavy atom. The summed E-state index contributed by atoms with van der Waals surface area (Å²) in [6.45, 7) is 13.2. The molecule has 2 atom stereocenters. The van der Waals surface area contributed by atoms with Crippen LogP contribution in [0.1, 0.15) is 66.9 Å². The third-order valence-electron chi connectivity index (χ3n) is 4.77. The first-order chi connectivity index (χ1) is 15.3. The van der Waals surface area contributed by atoms with Gasteiger partial charge in [0, 0.05) is 29.0 Å². The fourth-order valence-electron chi connectivity index (χ4n) is 3.30. The van der Waals surface area contributed by atoms with E-state index in [1.54, 1.807) is 31.7 Å². The van der Waals surface area contributed by atoms with E-state index in [1.165, 1.54) is 0 Å². The van der Waals surface area contributed by atoms with Crippen LogP contribution in [0.5, 0.6) is 0 Å². The number of rotatable bonds is 8. The number of benzene rings is 1. The van der Waals surface area contributed by atoms with Gasteiger partial charge in [0.1, 0.15) is 0 Å². The van der Waals surface area contributed by atoms with Crippen molar-refractivity contribution < 1.29 is 17.9 Å². The number of carbonyl (C=O) groups is 1. The Morgan fingerprint density at radius 3 is 2.45 bits per heavy atom. The summed E-state index contributed by atoms with van der Waals surface area (Å²) in [4.78, 5) is 17.1. The van der Waals surface area contributed by atoms with E-state index in [0.29, 0.717) is 23.4 Å². The molecule has 1 aliphatic rings. The summed E-state index contributed by atoms with van der Waals surface area (Å²) in [5.74, 6) is 1.10. The smallest absolute Gasteiger partial charge is 0.411 e. The highest BCUT2D eigenvalue weighted by Crippen LogP contribution is 2.31. The summed E-state index contributed by atoms with van der Waals surface area (Å²) in [7, 11) is -3.59. The largest absolute Gasteiger partial charge is 0.447 e. The second-order valence-corrected chi connectivity index (χ2v) is 12.3. The average Bonchev–Trinajstić information content (AvgIpc) is 2.67. The minimum atomic E-state index is -3.59. The second kappa shape index (κ2) is 11.5. The monoisotopic (exact) mass is 495 g/mol. The van der Waals surface area contributed by atoms with Gasteiger partial charge in [-0.1, -0.05) is 32.1 Å². The number of aliphatic imine (C=N–C) groups is 1. The molecule has 184 valence electrons. The molecule has 1 amide bonds. The van der Waals surface area contributed by atoms with Gasteiger partial charge in [-0.2, -0.15) is 0 Å². The average molecular weight is 496 g/mol. The predicted octanol–water partition coefficient (Wildman–Crippen LogP) is 5.54. The number of ether oxygens (including phenoxy) is 1. The minimum Gasteiger partial charge on any atom is -0.447 e. The molecule has 1 aromatic carbocycles. The van der Waals surface area contributed by atoms with Crippen molar-refractivity contribution in [1.29, 1.82) is 0 Å². The van der Waals surface area contributed by atoms with Gasteiger partial charge in [0.15, 0.2) is 0 Å². The Balaban J connectivity index is 2.20. The number of nitrogens with zero attached hydrogens (tertiary/aromatic N) is 1. The van der Waals surface area contributed by atoms with E-state index in [4.69, 9.17) is 9.73 Å². The van der Waals surface area contributed by atoms with Gasteiger partial charge in [0.25, 0.3) is 0 Å². The summed E-state index contributed by atoms with van der Waals surface area (Å²) in [5.41, 5.74) is 1.03. The van der Waals surface area contributed by atoms with E-state index >= 15 is 0 Å². The van der Waals surface area contributed by atoms with Crippen LogP contribution in [0, 0.1) is 5.92 Å². The molecule has 1 heterocycles. The fourth-order valence-corrected chi connectivity index (χ4v) is 6.17. The Hall–Kier alpha value is -1.84. The number of sulfonamides is 1. The number of carbonyl (C=O) groups excluding carboxylic acids is 1. The highest BCUT2D eigenvalue weighted by molar-refractivity contribution is 8.14. The number of allylic oxidation sites excluding steroid dienone is 1. The first kappa shape index (κ1) is 27.4. The van der Waals surface area contributed by atoms with Crippen LogP contribution in [0.3, 0.4) is 0 Å². The van der Waals surface area contributed by atoms with Crippen molar-refractivity contribution in [3.63, 3.8) is 0 Å². The maximum atomic E-state index is 13.0. The number of hydrogen-bond acceptors (Lipinski definition) is 6. The lowest BCUT2D eigenvalue weighted by Gasteiger charge is -2.28. The first-order valence-corrected chi connectivity index (χ1v) is 13.8. The van der Waals surface area contributed by atoms with Gasteiger partial charge < -0.3 is 4.74 Å². The fraction of sp³-hybridized carbons (Fsp3) is 0.583. The third-order valence-corrected chi connectivity index (χ3v) is 7.98. The standard InChI is InChI=1S/C24H37N3O4S2/c1-8-9-20(33(29,30)27-24(5,6)7)14-21-17(4)15-32-22(26-21)18-10-12-19(13-11-18)25-23(28)31-16(2)3/h9-13,16-17,21,27H,8,14-15H2,1-7H3,(H,25,28)/b20-9+/t17?,21-/m1/s1. The van der Waals surface area contributed by atoms with E-state index < -0.39 is 21.7 Å². The minimum absolute atomic E-state index is 0.130. The quantitative estimate of drug-likeness (QED) is 0.493. The lowest BCUT2D eigenvalue weighted by atomic mass is 10.0. The molecular formula is C24H37N3O4S2. The molecule has 0 bridgehead atoms. The predicted molar refractivity (Wildman–Crippen MR) is 138 cm³/mol. The maximum Gasteiger partial charge on any atom is 0.411 e. The summed E-state index contributed by atoms with van der Waals surface area (Å²) >= 11 is 1.67. The van der Waals surface area contributed by atoms with Crippen LogP contribution in [0.25, 0.3) is 0 Å². The molecule has 1 aliphatic heterocycles. The van der Waals surface area contributed by atoms with Crippen molar-refractivity contribution in [2.24, 2.45) is 10.9 Å². The molecule has 0 aliphatic carbocycles. The van der Waals surface area contributed by atoms with Gasteiger partial charge in [-0.05, 0) is 59.1 Å². The highest BCUT2D eigenvalue weighted by atomic mass is 32.2. The molecule has 0 aromatic heterocycles. The zero-order valence-corrected chi connectivity index (χ0v) is 22.3. The van der Waals surface area contributed by atoms with Crippen LogP contribution in [0.2, 0.25) is 0 Å². The molecule has 9 heteroatoms. The van der Waals surface area contributed by atoms with Crippen molar-refractivity contribution in [3.05, 3.63) is 40.8 Å². The normalized spacial score (nSPS) is 19.9. The molecule has 1 unspecified atom stereocenters. The molecule has 0 fully saturated rings. The van der Waals surface area contributed by atoms with Gasteiger partial charge >= 0.3 is 6.09 Å². The van der Waals surface area contributed by atoms with Gasteiger partial charge in [0.2, 0.25) is 10.0 Å². The zero-order chi connectivity index (χ0) is 24.8. The second-order valence-electron chi connectivity index (χ2n) is 9.58. The van der Waals surface area contributed by atoms with E-state index in [2.05, 4.69) is 17.0 Å². The van der Waals surface area contributed by atoms with Gasteiger partial charge in [-0.3, -0.25) is 10.3 Å². The van der Waals surface area contributed by atoms with Crippen LogP contribution in [-0.4, -0.2) is 43.0 Å². The summed E-state index contributed by atoms with van der Waals surface area (Å²) in [6.07, 6.45) is 2.11. The van der Waals surface area contributed by atoms with E-state index in [-0.39, 0.29) is 18.1 Å². The van der Waals surface area contributed by atoms with Crippen molar-refractivity contribution in [2.45, 2.75) is 79.0 Å². The van der Waals surface area contributed by atoms with Crippen LogP contribution < -0.4 is 10.0 Å². The molecule has 1 aromatic rings. The summed E-state index contributed by atoms with van der Waals surface area (Å²) in [6, 6.07) is 7.31. The van der Waals surface area contributed by atoms with Gasteiger partial charge in [-0.25, -0.2) is 17.9 Å². The zero-order valence-electron chi connectivity index (χ0n) is 20.6. The molecular weight excluding hydrogens is 458 g/mol. The van der Waals surface area contributed by atoms with E-state index in [1.807, 2.05) is 52.0 Å². The molecule has 33 heavy (non-hydrogen) atoms. The Labute approximate surface area is 202 Å². The molecule has 0 saturated heterocycles. The topological polar surface area (TPSA) is 96.9 Å². The Kier molecular flexibility index (Phi) is 9.58. The highest BCUT2D eigenvalue weighted by Gasteiger charge is 2.30. The molecule has 0 radical (unpaired) electrons.